The second-order valence-electron chi connectivity index (χ2n) is 3.23. The van der Waals surface area contributed by atoms with Crippen molar-refractivity contribution in [3.8, 4) is 0 Å². The van der Waals surface area contributed by atoms with Crippen LogP contribution in [-0.4, -0.2) is 4.98 Å². The number of nitrogen functional groups attached to an aromatic ring is 1. The Kier molecular flexibility index (Phi) is 3.50. The second-order valence-corrected chi connectivity index (χ2v) is 4.88. The largest absolute Gasteiger partial charge is 0.397 e. The van der Waals surface area contributed by atoms with E-state index < -0.39 is 0 Å². The van der Waals surface area contributed by atoms with Crippen LogP contribution in [0.25, 0.3) is 0 Å². The summed E-state index contributed by atoms with van der Waals surface area (Å²) in [6.07, 6.45) is 1.57. The third-order valence-electron chi connectivity index (χ3n) is 1.97. The van der Waals surface area contributed by atoms with Crippen LogP contribution < -0.4 is 11.1 Å². The maximum absolute atomic E-state index is 6.00. The van der Waals surface area contributed by atoms with Crippen LogP contribution >= 0.6 is 34.2 Å². The summed E-state index contributed by atoms with van der Waals surface area (Å²) in [6, 6.07) is 9.62. The number of hydrogen-bond acceptors (Lipinski definition) is 3. The summed E-state index contributed by atoms with van der Waals surface area (Å²) in [5.41, 5.74) is 7.06. The SMILES string of the molecule is Nc1cnc(Nc2ccc(I)cc2)c(Cl)c1. The molecule has 0 atom stereocenters. The van der Waals surface area contributed by atoms with Gasteiger partial charge in [-0.15, -0.1) is 0 Å². The topological polar surface area (TPSA) is 50.9 Å². The van der Waals surface area contributed by atoms with E-state index in [0.717, 1.165) is 5.69 Å². The lowest BCUT2D eigenvalue weighted by atomic mass is 10.3. The first-order chi connectivity index (χ1) is 7.65. The molecule has 0 radical (unpaired) electrons. The number of pyridine rings is 1. The molecule has 2 rings (SSSR count). The van der Waals surface area contributed by atoms with E-state index >= 15 is 0 Å². The molecular weight excluding hydrogens is 336 g/mol. The fourth-order valence-electron chi connectivity index (χ4n) is 1.21. The molecule has 3 nitrogen and oxygen atoms in total. The van der Waals surface area contributed by atoms with Crippen LogP contribution in [0.1, 0.15) is 0 Å². The third kappa shape index (κ3) is 2.76. The molecule has 0 spiro atoms. The number of nitrogens with one attached hydrogen (secondary N) is 1. The van der Waals surface area contributed by atoms with Crippen LogP contribution in [0.15, 0.2) is 36.5 Å². The normalized spacial score (nSPS) is 10.1. The lowest BCUT2D eigenvalue weighted by molar-refractivity contribution is 1.31. The zero-order valence-corrected chi connectivity index (χ0v) is 11.2. The van der Waals surface area contributed by atoms with E-state index in [1.165, 1.54) is 3.57 Å². The molecule has 0 bridgehead atoms. The highest BCUT2D eigenvalue weighted by atomic mass is 127. The molecule has 0 fully saturated rings. The van der Waals surface area contributed by atoms with Crippen molar-refractivity contribution < 1.29 is 0 Å². The molecule has 2 aromatic rings. The predicted molar refractivity (Wildman–Crippen MR) is 76.1 cm³/mol. The van der Waals surface area contributed by atoms with Gasteiger partial charge in [0.25, 0.3) is 0 Å². The van der Waals surface area contributed by atoms with E-state index in [-0.39, 0.29) is 0 Å². The van der Waals surface area contributed by atoms with Gasteiger partial charge in [-0.3, -0.25) is 0 Å². The Bertz CT molecular complexity index is 499. The molecule has 0 aliphatic rings. The molecule has 1 heterocycles. The fraction of sp³-hybridized carbons (Fsp3) is 0. The van der Waals surface area contributed by atoms with Crippen molar-refractivity contribution in [2.75, 3.05) is 11.1 Å². The average molecular weight is 346 g/mol. The number of halogens is 2. The minimum absolute atomic E-state index is 0.513. The van der Waals surface area contributed by atoms with Gasteiger partial charge in [-0.1, -0.05) is 11.6 Å². The molecule has 82 valence electrons. The molecule has 1 aromatic carbocycles. The molecule has 0 saturated heterocycles. The Balaban J connectivity index is 2.23. The van der Waals surface area contributed by atoms with Crippen LogP contribution in [0.2, 0.25) is 5.02 Å². The molecule has 16 heavy (non-hydrogen) atoms. The average Bonchev–Trinajstić information content (AvgIpc) is 2.25. The van der Waals surface area contributed by atoms with Crippen molar-refractivity contribution in [2.24, 2.45) is 0 Å². The fourth-order valence-corrected chi connectivity index (χ4v) is 1.80. The van der Waals surface area contributed by atoms with Gasteiger partial charge in [0.2, 0.25) is 0 Å². The highest BCUT2D eigenvalue weighted by Crippen LogP contribution is 2.24. The number of hydrogen-bond donors (Lipinski definition) is 2. The van der Waals surface area contributed by atoms with Crippen molar-refractivity contribution in [3.05, 3.63) is 45.1 Å². The van der Waals surface area contributed by atoms with Crippen LogP contribution in [0.3, 0.4) is 0 Å². The zero-order valence-electron chi connectivity index (χ0n) is 8.24. The molecule has 0 unspecified atom stereocenters. The van der Waals surface area contributed by atoms with E-state index in [1.54, 1.807) is 12.3 Å². The van der Waals surface area contributed by atoms with Gasteiger partial charge in [-0.25, -0.2) is 4.98 Å². The number of benzene rings is 1. The first kappa shape index (κ1) is 11.5. The van der Waals surface area contributed by atoms with Crippen molar-refractivity contribution in [1.29, 1.82) is 0 Å². The first-order valence-electron chi connectivity index (χ1n) is 4.59. The molecule has 0 aliphatic carbocycles. The van der Waals surface area contributed by atoms with E-state index in [2.05, 4.69) is 32.9 Å². The quantitative estimate of drug-likeness (QED) is 0.817. The minimum atomic E-state index is 0.513. The maximum Gasteiger partial charge on any atom is 0.149 e. The Morgan fingerprint density at radius 2 is 1.94 bits per heavy atom. The van der Waals surface area contributed by atoms with Crippen LogP contribution in [0.4, 0.5) is 17.2 Å². The van der Waals surface area contributed by atoms with Gasteiger partial charge in [0, 0.05) is 9.26 Å². The van der Waals surface area contributed by atoms with Crippen molar-refractivity contribution in [2.45, 2.75) is 0 Å². The number of aromatic nitrogens is 1. The monoisotopic (exact) mass is 345 g/mol. The van der Waals surface area contributed by atoms with Gasteiger partial charge in [0.15, 0.2) is 0 Å². The summed E-state index contributed by atoms with van der Waals surface area (Å²) >= 11 is 8.26. The smallest absolute Gasteiger partial charge is 0.149 e. The maximum atomic E-state index is 6.00. The minimum Gasteiger partial charge on any atom is -0.397 e. The summed E-state index contributed by atoms with van der Waals surface area (Å²) in [7, 11) is 0. The summed E-state index contributed by atoms with van der Waals surface area (Å²) in [6.45, 7) is 0. The molecular formula is C11H9ClIN3. The molecule has 5 heteroatoms. The Hall–Kier alpha value is -1.01. The highest BCUT2D eigenvalue weighted by molar-refractivity contribution is 14.1. The highest BCUT2D eigenvalue weighted by Gasteiger charge is 2.02. The lowest BCUT2D eigenvalue weighted by Crippen LogP contribution is -1.96. The number of rotatable bonds is 2. The molecule has 0 aliphatic heterocycles. The van der Waals surface area contributed by atoms with Crippen molar-refractivity contribution in [1.82, 2.24) is 4.98 Å². The standard InChI is InChI=1S/C11H9ClIN3/c12-10-5-8(14)6-15-11(10)16-9-3-1-7(13)2-4-9/h1-6H,14H2,(H,15,16). The number of nitrogens with zero attached hydrogens (tertiary/aromatic N) is 1. The summed E-state index contributed by atoms with van der Waals surface area (Å²) < 4.78 is 1.18. The van der Waals surface area contributed by atoms with Gasteiger partial charge in [0.1, 0.15) is 5.82 Å². The number of nitrogens with two attached hydrogens (primary N) is 1. The predicted octanol–water partition coefficient (Wildman–Crippen LogP) is 3.67. The first-order valence-corrected chi connectivity index (χ1v) is 6.04. The van der Waals surface area contributed by atoms with Crippen molar-refractivity contribution in [3.63, 3.8) is 0 Å². The Morgan fingerprint density at radius 3 is 2.56 bits per heavy atom. The van der Waals surface area contributed by atoms with Crippen molar-refractivity contribution >= 4 is 51.4 Å². The van der Waals surface area contributed by atoms with Gasteiger partial charge in [0.05, 0.1) is 16.9 Å². The number of anilines is 3. The molecule has 3 N–H and O–H groups in total. The van der Waals surface area contributed by atoms with E-state index in [9.17, 15) is 0 Å². The van der Waals surface area contributed by atoms with E-state index in [1.807, 2.05) is 24.3 Å². The summed E-state index contributed by atoms with van der Waals surface area (Å²) in [4.78, 5) is 4.13. The van der Waals surface area contributed by atoms with E-state index in [4.69, 9.17) is 17.3 Å². The molecule has 0 amide bonds. The van der Waals surface area contributed by atoms with E-state index in [0.29, 0.717) is 16.5 Å². The van der Waals surface area contributed by atoms with Gasteiger partial charge < -0.3 is 11.1 Å². The van der Waals surface area contributed by atoms with Gasteiger partial charge in [-0.05, 0) is 52.9 Å². The van der Waals surface area contributed by atoms with Gasteiger partial charge >= 0.3 is 0 Å². The third-order valence-corrected chi connectivity index (χ3v) is 2.98. The lowest BCUT2D eigenvalue weighted by Gasteiger charge is -2.07. The second kappa shape index (κ2) is 4.88. The van der Waals surface area contributed by atoms with Gasteiger partial charge in [-0.2, -0.15) is 0 Å². The van der Waals surface area contributed by atoms with Crippen LogP contribution in [0, 0.1) is 3.57 Å². The Morgan fingerprint density at radius 1 is 1.25 bits per heavy atom. The molecule has 0 saturated carbocycles. The van der Waals surface area contributed by atoms with Crippen LogP contribution in [0.5, 0.6) is 0 Å². The summed E-state index contributed by atoms with van der Waals surface area (Å²) in [5.74, 6) is 0.608. The summed E-state index contributed by atoms with van der Waals surface area (Å²) in [5, 5.41) is 3.64. The van der Waals surface area contributed by atoms with Crippen LogP contribution in [-0.2, 0) is 0 Å². The Labute approximate surface area is 112 Å². The molecule has 1 aromatic heterocycles. The zero-order chi connectivity index (χ0) is 11.5.